The quantitative estimate of drug-likeness (QED) is 0.926. The van der Waals surface area contributed by atoms with Gasteiger partial charge in [0.25, 0.3) is 11.8 Å². The highest BCUT2D eigenvalue weighted by molar-refractivity contribution is 5.98. The van der Waals surface area contributed by atoms with Gasteiger partial charge in [0.2, 0.25) is 0 Å². The third-order valence-corrected chi connectivity index (χ3v) is 4.74. The Hall–Kier alpha value is -1.88. The minimum Gasteiger partial charge on any atom is -0.368 e. The third-order valence-electron chi connectivity index (χ3n) is 4.74. The molecule has 1 atom stereocenters. The molecule has 1 N–H and O–H groups in total. The molecule has 5 heteroatoms. The molecular weight excluding hydrogens is 304 g/mol. The summed E-state index contributed by atoms with van der Waals surface area (Å²) in [4.78, 5) is 26.8. The number of carbonyl (C=O) groups excluding carboxylic acids is 2. The van der Waals surface area contributed by atoms with Gasteiger partial charge in [0.05, 0.1) is 0 Å². The Morgan fingerprint density at radius 2 is 1.79 bits per heavy atom. The smallest absolute Gasteiger partial charge is 0.253 e. The van der Waals surface area contributed by atoms with E-state index in [0.717, 1.165) is 38.8 Å². The second-order valence-corrected chi connectivity index (χ2v) is 6.63. The van der Waals surface area contributed by atoms with Crippen LogP contribution >= 0.6 is 0 Å². The molecule has 0 spiro atoms. The largest absolute Gasteiger partial charge is 0.368 e. The summed E-state index contributed by atoms with van der Waals surface area (Å²) in [6, 6.07) is 7.23. The second-order valence-electron chi connectivity index (χ2n) is 6.63. The molecule has 1 unspecified atom stereocenters. The number of nitrogens with one attached hydrogen (secondary N) is 1. The topological polar surface area (TPSA) is 58.6 Å². The van der Waals surface area contributed by atoms with Gasteiger partial charge >= 0.3 is 0 Å². The van der Waals surface area contributed by atoms with Gasteiger partial charge in [-0.2, -0.15) is 0 Å². The van der Waals surface area contributed by atoms with Gasteiger partial charge in [-0.15, -0.1) is 0 Å². The SMILES string of the molecule is O=C(Nc1cccc(C(=O)N2CCCCCCC2)c1)C1CCCO1. The van der Waals surface area contributed by atoms with Crippen LogP contribution in [0.4, 0.5) is 5.69 Å². The molecule has 1 aromatic rings. The maximum Gasteiger partial charge on any atom is 0.253 e. The minimum absolute atomic E-state index is 0.0603. The third kappa shape index (κ3) is 4.35. The minimum atomic E-state index is -0.362. The summed E-state index contributed by atoms with van der Waals surface area (Å²) >= 11 is 0. The molecule has 0 bridgehead atoms. The van der Waals surface area contributed by atoms with E-state index in [4.69, 9.17) is 4.74 Å². The number of nitrogens with zero attached hydrogens (tertiary/aromatic N) is 1. The number of carbonyl (C=O) groups is 2. The summed E-state index contributed by atoms with van der Waals surface area (Å²) < 4.78 is 5.40. The van der Waals surface area contributed by atoms with Crippen LogP contribution in [0.15, 0.2) is 24.3 Å². The predicted molar refractivity (Wildman–Crippen MR) is 93.0 cm³/mol. The van der Waals surface area contributed by atoms with E-state index in [1.54, 1.807) is 6.07 Å². The molecule has 2 heterocycles. The summed E-state index contributed by atoms with van der Waals surface area (Å²) in [5.41, 5.74) is 1.30. The molecule has 24 heavy (non-hydrogen) atoms. The number of amides is 2. The Kier molecular flexibility index (Phi) is 5.86. The Morgan fingerprint density at radius 3 is 2.50 bits per heavy atom. The summed E-state index contributed by atoms with van der Waals surface area (Å²) in [5, 5.41) is 2.87. The van der Waals surface area contributed by atoms with Crippen LogP contribution < -0.4 is 5.32 Å². The first-order valence-electron chi connectivity index (χ1n) is 9.06. The highest BCUT2D eigenvalue weighted by Gasteiger charge is 2.24. The Balaban J connectivity index is 1.65. The lowest BCUT2D eigenvalue weighted by Crippen LogP contribution is -2.34. The number of hydrogen-bond donors (Lipinski definition) is 1. The molecule has 0 aromatic heterocycles. The molecule has 2 aliphatic heterocycles. The molecule has 0 radical (unpaired) electrons. The van der Waals surface area contributed by atoms with Crippen molar-refractivity contribution in [3.05, 3.63) is 29.8 Å². The lowest BCUT2D eigenvalue weighted by atomic mass is 10.1. The lowest BCUT2D eigenvalue weighted by molar-refractivity contribution is -0.124. The van der Waals surface area contributed by atoms with E-state index in [0.29, 0.717) is 17.9 Å². The van der Waals surface area contributed by atoms with Crippen molar-refractivity contribution in [2.24, 2.45) is 0 Å². The maximum absolute atomic E-state index is 12.7. The van der Waals surface area contributed by atoms with Crippen molar-refractivity contribution in [1.82, 2.24) is 4.90 Å². The Labute approximate surface area is 143 Å². The lowest BCUT2D eigenvalue weighted by Gasteiger charge is -2.25. The summed E-state index contributed by atoms with van der Waals surface area (Å²) in [7, 11) is 0. The van der Waals surface area contributed by atoms with Crippen molar-refractivity contribution in [1.29, 1.82) is 0 Å². The summed E-state index contributed by atoms with van der Waals surface area (Å²) in [6.45, 7) is 2.29. The number of hydrogen-bond acceptors (Lipinski definition) is 3. The first kappa shape index (κ1) is 17.0. The molecule has 2 amide bonds. The van der Waals surface area contributed by atoms with E-state index in [2.05, 4.69) is 5.32 Å². The Morgan fingerprint density at radius 1 is 1.04 bits per heavy atom. The van der Waals surface area contributed by atoms with Gasteiger partial charge in [0.1, 0.15) is 6.10 Å². The van der Waals surface area contributed by atoms with E-state index < -0.39 is 0 Å². The fraction of sp³-hybridized carbons (Fsp3) is 0.579. The zero-order valence-electron chi connectivity index (χ0n) is 14.1. The molecule has 3 rings (SSSR count). The Bertz CT molecular complexity index is 574. The van der Waals surface area contributed by atoms with Gasteiger partial charge in [0.15, 0.2) is 0 Å². The number of anilines is 1. The molecular formula is C19H26N2O3. The van der Waals surface area contributed by atoms with Crippen LogP contribution in [-0.4, -0.2) is 42.5 Å². The van der Waals surface area contributed by atoms with Gasteiger partial charge in [0, 0.05) is 30.9 Å². The second kappa shape index (κ2) is 8.29. The zero-order chi connectivity index (χ0) is 16.8. The van der Waals surface area contributed by atoms with E-state index in [9.17, 15) is 9.59 Å². The van der Waals surface area contributed by atoms with Crippen LogP contribution in [0, 0.1) is 0 Å². The zero-order valence-corrected chi connectivity index (χ0v) is 14.1. The van der Waals surface area contributed by atoms with E-state index >= 15 is 0 Å². The number of rotatable bonds is 3. The van der Waals surface area contributed by atoms with Crippen molar-refractivity contribution >= 4 is 17.5 Å². The molecule has 5 nitrogen and oxygen atoms in total. The molecule has 0 saturated carbocycles. The molecule has 2 saturated heterocycles. The number of ether oxygens (including phenoxy) is 1. The van der Waals surface area contributed by atoms with Crippen LogP contribution in [0.25, 0.3) is 0 Å². The van der Waals surface area contributed by atoms with Crippen molar-refractivity contribution in [3.8, 4) is 0 Å². The van der Waals surface area contributed by atoms with E-state index in [1.807, 2.05) is 23.1 Å². The van der Waals surface area contributed by atoms with Crippen LogP contribution in [0.5, 0.6) is 0 Å². The molecule has 2 fully saturated rings. The van der Waals surface area contributed by atoms with Crippen LogP contribution in [0.3, 0.4) is 0 Å². The number of benzene rings is 1. The molecule has 2 aliphatic rings. The highest BCUT2D eigenvalue weighted by Crippen LogP contribution is 2.18. The summed E-state index contributed by atoms with van der Waals surface area (Å²) in [5.74, 6) is -0.0616. The van der Waals surface area contributed by atoms with Crippen molar-refractivity contribution < 1.29 is 14.3 Å². The van der Waals surface area contributed by atoms with Crippen LogP contribution in [0.2, 0.25) is 0 Å². The standard InChI is InChI=1S/C19H26N2O3/c22-18(17-10-7-13-24-17)20-16-9-6-8-15(14-16)19(23)21-11-4-2-1-3-5-12-21/h6,8-9,14,17H,1-5,7,10-13H2,(H,20,22). The average Bonchev–Trinajstić information content (AvgIpc) is 3.09. The molecule has 130 valence electrons. The van der Waals surface area contributed by atoms with Gasteiger partial charge in [-0.1, -0.05) is 25.3 Å². The molecule has 0 aliphatic carbocycles. The van der Waals surface area contributed by atoms with E-state index in [-0.39, 0.29) is 17.9 Å². The number of likely N-dealkylation sites (tertiary alicyclic amines) is 1. The average molecular weight is 330 g/mol. The van der Waals surface area contributed by atoms with Gasteiger partial charge in [-0.05, 0) is 43.9 Å². The van der Waals surface area contributed by atoms with Crippen molar-refractivity contribution in [2.75, 3.05) is 25.0 Å². The van der Waals surface area contributed by atoms with Gasteiger partial charge in [-0.3, -0.25) is 9.59 Å². The van der Waals surface area contributed by atoms with E-state index in [1.165, 1.54) is 19.3 Å². The first-order valence-corrected chi connectivity index (χ1v) is 9.06. The highest BCUT2D eigenvalue weighted by atomic mass is 16.5. The van der Waals surface area contributed by atoms with Crippen LogP contribution in [0.1, 0.15) is 55.3 Å². The van der Waals surface area contributed by atoms with Gasteiger partial charge in [-0.25, -0.2) is 0 Å². The fourth-order valence-corrected chi connectivity index (χ4v) is 3.37. The fourth-order valence-electron chi connectivity index (χ4n) is 3.37. The predicted octanol–water partition coefficient (Wildman–Crippen LogP) is 3.21. The maximum atomic E-state index is 12.7. The van der Waals surface area contributed by atoms with Crippen LogP contribution in [-0.2, 0) is 9.53 Å². The van der Waals surface area contributed by atoms with Crippen molar-refractivity contribution in [2.45, 2.75) is 51.0 Å². The van der Waals surface area contributed by atoms with Gasteiger partial charge < -0.3 is 15.0 Å². The van der Waals surface area contributed by atoms with Crippen molar-refractivity contribution in [3.63, 3.8) is 0 Å². The summed E-state index contributed by atoms with van der Waals surface area (Å²) in [6.07, 6.45) is 7.13. The molecule has 1 aromatic carbocycles. The first-order chi connectivity index (χ1) is 11.7. The normalized spacial score (nSPS) is 21.8. The monoisotopic (exact) mass is 330 g/mol.